The van der Waals surface area contributed by atoms with E-state index >= 15 is 0 Å². The van der Waals surface area contributed by atoms with E-state index < -0.39 is 0 Å². The first-order valence-corrected chi connectivity index (χ1v) is 9.93. The molecule has 0 saturated heterocycles. The Bertz CT molecular complexity index is 563. The Morgan fingerprint density at radius 1 is 1.09 bits per heavy atom. The molecule has 4 aliphatic rings. The molecule has 1 aromatic rings. The third kappa shape index (κ3) is 3.24. The Kier molecular flexibility index (Phi) is 4.06. The largest absolute Gasteiger partial charge is 0.374 e. The van der Waals surface area contributed by atoms with Gasteiger partial charge in [-0.15, -0.1) is 0 Å². The number of carbonyl (C=O) groups is 1. The first kappa shape index (κ1) is 15.7. The molecule has 1 aromatic carbocycles. The smallest absolute Gasteiger partial charge is 0.242 e. The van der Waals surface area contributed by atoms with E-state index in [0.717, 1.165) is 23.4 Å². The quantitative estimate of drug-likeness (QED) is 0.713. The van der Waals surface area contributed by atoms with E-state index in [0.29, 0.717) is 0 Å². The summed E-state index contributed by atoms with van der Waals surface area (Å²) in [6.07, 6.45) is 7.85. The molecule has 4 aliphatic carbocycles. The molecule has 1 atom stereocenters. The van der Waals surface area contributed by atoms with Crippen LogP contribution in [0.2, 0.25) is 0 Å². The maximum Gasteiger partial charge on any atom is 0.242 e. The summed E-state index contributed by atoms with van der Waals surface area (Å²) in [5.41, 5.74) is 1.12. The van der Waals surface area contributed by atoms with Crippen LogP contribution in [-0.2, 0) is 4.79 Å². The fourth-order valence-corrected chi connectivity index (χ4v) is 5.85. The van der Waals surface area contributed by atoms with Gasteiger partial charge in [0.15, 0.2) is 0 Å². The average molecular weight is 424 g/mol. The lowest BCUT2D eigenvalue weighted by Crippen LogP contribution is -2.61. The van der Waals surface area contributed by atoms with Crippen molar-refractivity contribution in [1.82, 2.24) is 5.32 Å². The predicted molar refractivity (Wildman–Crippen MR) is 101 cm³/mol. The fourth-order valence-electron chi connectivity index (χ4n) is 5.49. The van der Waals surface area contributed by atoms with Crippen molar-refractivity contribution in [3.8, 4) is 0 Å². The molecule has 1 amide bonds. The average Bonchev–Trinajstić information content (AvgIpc) is 2.47. The van der Waals surface area contributed by atoms with Gasteiger partial charge in [0.2, 0.25) is 5.91 Å². The van der Waals surface area contributed by atoms with E-state index in [-0.39, 0.29) is 17.5 Å². The van der Waals surface area contributed by atoms with Crippen LogP contribution in [0.1, 0.15) is 45.4 Å². The summed E-state index contributed by atoms with van der Waals surface area (Å²) in [6, 6.07) is 8.01. The topological polar surface area (TPSA) is 41.1 Å². The molecule has 0 radical (unpaired) electrons. The van der Waals surface area contributed by atoms with Crippen LogP contribution in [0.5, 0.6) is 0 Å². The monoisotopic (exact) mass is 424 g/mol. The zero-order valence-electron chi connectivity index (χ0n) is 13.6. The summed E-state index contributed by atoms with van der Waals surface area (Å²) in [6.45, 7) is 1.97. The summed E-state index contributed by atoms with van der Waals surface area (Å²) in [5, 5.41) is 6.79. The highest BCUT2D eigenvalue weighted by atomic mass is 127. The lowest BCUT2D eigenvalue weighted by Gasteiger charge is -2.57. The second-order valence-electron chi connectivity index (χ2n) is 8.06. The highest BCUT2D eigenvalue weighted by molar-refractivity contribution is 14.1. The Balaban J connectivity index is 1.40. The number of nitrogens with one attached hydrogen (secondary N) is 2. The highest BCUT2D eigenvalue weighted by Crippen LogP contribution is 2.55. The van der Waals surface area contributed by atoms with Gasteiger partial charge in [-0.25, -0.2) is 0 Å². The van der Waals surface area contributed by atoms with Crippen molar-refractivity contribution in [2.45, 2.75) is 57.0 Å². The van der Waals surface area contributed by atoms with Crippen molar-refractivity contribution < 1.29 is 4.79 Å². The molecule has 2 N–H and O–H groups in total. The molecule has 0 unspecified atom stereocenters. The summed E-state index contributed by atoms with van der Waals surface area (Å²) in [7, 11) is 0. The number of hydrogen-bond donors (Lipinski definition) is 2. The van der Waals surface area contributed by atoms with Crippen LogP contribution in [0.4, 0.5) is 5.69 Å². The second-order valence-corrected chi connectivity index (χ2v) is 9.31. The number of halogens is 1. The maximum atomic E-state index is 12.7. The van der Waals surface area contributed by atoms with E-state index in [1.54, 1.807) is 0 Å². The summed E-state index contributed by atoms with van der Waals surface area (Å²) in [5.74, 6) is 2.74. The number of benzene rings is 1. The van der Waals surface area contributed by atoms with Crippen LogP contribution >= 0.6 is 22.6 Å². The molecule has 0 spiro atoms. The van der Waals surface area contributed by atoms with Gasteiger partial charge in [-0.2, -0.15) is 0 Å². The van der Waals surface area contributed by atoms with E-state index in [4.69, 9.17) is 0 Å². The Labute approximate surface area is 152 Å². The van der Waals surface area contributed by atoms with Crippen LogP contribution in [0.3, 0.4) is 0 Å². The van der Waals surface area contributed by atoms with Crippen molar-refractivity contribution >= 4 is 34.2 Å². The molecule has 5 rings (SSSR count). The summed E-state index contributed by atoms with van der Waals surface area (Å²) in [4.78, 5) is 12.7. The first-order valence-electron chi connectivity index (χ1n) is 8.85. The molecule has 0 aromatic heterocycles. The lowest BCUT2D eigenvalue weighted by molar-refractivity contribution is -0.127. The van der Waals surface area contributed by atoms with Gasteiger partial charge in [0.05, 0.1) is 0 Å². The minimum atomic E-state index is -0.192. The zero-order chi connectivity index (χ0) is 16.0. The Morgan fingerprint density at radius 3 is 2.13 bits per heavy atom. The Hall–Kier alpha value is -0.780. The first-order chi connectivity index (χ1) is 11.0. The summed E-state index contributed by atoms with van der Waals surface area (Å²) >= 11 is 2.29. The zero-order valence-corrected chi connectivity index (χ0v) is 15.8. The Morgan fingerprint density at radius 2 is 1.61 bits per heavy atom. The van der Waals surface area contributed by atoms with Gasteiger partial charge in [-0.3, -0.25) is 4.79 Å². The molecule has 4 heteroatoms. The van der Waals surface area contributed by atoms with Crippen LogP contribution in [0, 0.1) is 21.3 Å². The molecule has 23 heavy (non-hydrogen) atoms. The van der Waals surface area contributed by atoms with Crippen LogP contribution in [0.15, 0.2) is 24.3 Å². The SMILES string of the molecule is C[C@H](Nc1ccc(I)cc1)C(=O)NC12CC3CC(CC(C3)C1)C2. The maximum absolute atomic E-state index is 12.7. The van der Waals surface area contributed by atoms with Gasteiger partial charge in [-0.1, -0.05) is 0 Å². The van der Waals surface area contributed by atoms with Crippen molar-refractivity contribution in [3.05, 3.63) is 27.8 Å². The van der Waals surface area contributed by atoms with Crippen LogP contribution in [-0.4, -0.2) is 17.5 Å². The fraction of sp³-hybridized carbons (Fsp3) is 0.632. The highest BCUT2D eigenvalue weighted by Gasteiger charge is 2.51. The molecular formula is C19H25IN2O. The number of anilines is 1. The van der Waals surface area contributed by atoms with Crippen molar-refractivity contribution in [2.24, 2.45) is 17.8 Å². The van der Waals surface area contributed by atoms with Crippen molar-refractivity contribution in [2.75, 3.05) is 5.32 Å². The number of carbonyl (C=O) groups excluding carboxylic acids is 1. The summed E-state index contributed by atoms with van der Waals surface area (Å²) < 4.78 is 1.21. The van der Waals surface area contributed by atoms with Crippen molar-refractivity contribution in [1.29, 1.82) is 0 Å². The number of rotatable bonds is 4. The van der Waals surface area contributed by atoms with Gasteiger partial charge in [-0.05, 0) is 110 Å². The second kappa shape index (κ2) is 5.94. The molecule has 3 nitrogen and oxygen atoms in total. The van der Waals surface area contributed by atoms with Gasteiger partial charge < -0.3 is 10.6 Å². The van der Waals surface area contributed by atoms with Gasteiger partial charge in [0.25, 0.3) is 0 Å². The van der Waals surface area contributed by atoms with Gasteiger partial charge in [0, 0.05) is 14.8 Å². The van der Waals surface area contributed by atoms with E-state index in [1.807, 2.05) is 19.1 Å². The molecule has 4 fully saturated rings. The molecular weight excluding hydrogens is 399 g/mol. The van der Waals surface area contributed by atoms with E-state index in [1.165, 1.54) is 42.1 Å². The van der Waals surface area contributed by atoms with E-state index in [2.05, 4.69) is 45.4 Å². The number of hydrogen-bond acceptors (Lipinski definition) is 2. The minimum Gasteiger partial charge on any atom is -0.374 e. The third-order valence-electron chi connectivity index (χ3n) is 6.05. The predicted octanol–water partition coefficient (Wildman–Crippen LogP) is 4.18. The van der Waals surface area contributed by atoms with Gasteiger partial charge >= 0.3 is 0 Å². The van der Waals surface area contributed by atoms with Gasteiger partial charge in [0.1, 0.15) is 6.04 Å². The molecule has 4 bridgehead atoms. The number of amides is 1. The minimum absolute atomic E-state index is 0.105. The lowest BCUT2D eigenvalue weighted by atomic mass is 9.53. The molecule has 0 heterocycles. The standard InChI is InChI=1S/C19H25IN2O/c1-12(21-17-4-2-16(20)3-5-17)18(23)22-19-9-13-6-14(10-19)8-15(7-13)11-19/h2-5,12-15,21H,6-11H2,1H3,(H,22,23)/t12-,13?,14?,15?,19?/m0/s1. The molecule has 0 aliphatic heterocycles. The van der Waals surface area contributed by atoms with Crippen LogP contribution in [0.25, 0.3) is 0 Å². The third-order valence-corrected chi connectivity index (χ3v) is 6.77. The van der Waals surface area contributed by atoms with E-state index in [9.17, 15) is 4.79 Å². The van der Waals surface area contributed by atoms with Crippen LogP contribution < -0.4 is 10.6 Å². The molecule has 124 valence electrons. The van der Waals surface area contributed by atoms with Crippen molar-refractivity contribution in [3.63, 3.8) is 0 Å². The molecule has 4 saturated carbocycles. The normalized spacial score (nSPS) is 35.8.